The minimum Gasteiger partial charge on any atom is -0.347 e. The van der Waals surface area contributed by atoms with Crippen LogP contribution in [0.25, 0.3) is 6.08 Å². The Balaban J connectivity index is 2.05. The highest BCUT2D eigenvalue weighted by Crippen LogP contribution is 2.22. The van der Waals surface area contributed by atoms with Crippen LogP contribution in [0.3, 0.4) is 0 Å². The van der Waals surface area contributed by atoms with E-state index in [-0.39, 0.29) is 12.1 Å². The smallest absolute Gasteiger partial charge is 0.262 e. The molecular formula is C17H12Cl2N2O. The van der Waals surface area contributed by atoms with Gasteiger partial charge >= 0.3 is 0 Å². The minimum absolute atomic E-state index is 0.0475. The van der Waals surface area contributed by atoms with Crippen LogP contribution in [0.5, 0.6) is 0 Å². The summed E-state index contributed by atoms with van der Waals surface area (Å²) >= 11 is 11.8. The molecule has 2 rings (SSSR count). The van der Waals surface area contributed by atoms with Crippen molar-refractivity contribution in [3.63, 3.8) is 0 Å². The molecule has 0 unspecified atom stereocenters. The molecule has 2 aromatic carbocycles. The molecule has 3 nitrogen and oxygen atoms in total. The standard InChI is InChI=1S/C17H12Cl2N2O/c18-15-7-6-13(9-16(15)19)11-21-17(22)14(10-20)8-12-4-2-1-3-5-12/h1-9H,11H2,(H,21,22)/b14-8+. The SMILES string of the molecule is N#C/C(=C\c1ccccc1)C(=O)NCc1ccc(Cl)c(Cl)c1. The van der Waals surface area contributed by atoms with E-state index < -0.39 is 5.91 Å². The molecule has 0 heterocycles. The molecule has 0 aliphatic rings. The zero-order valence-corrected chi connectivity index (χ0v) is 13.0. The number of hydrogen-bond donors (Lipinski definition) is 1. The van der Waals surface area contributed by atoms with Gasteiger partial charge in [0.25, 0.3) is 5.91 Å². The Morgan fingerprint density at radius 3 is 2.50 bits per heavy atom. The van der Waals surface area contributed by atoms with Crippen molar-refractivity contribution in [1.82, 2.24) is 5.32 Å². The Morgan fingerprint density at radius 1 is 1.14 bits per heavy atom. The van der Waals surface area contributed by atoms with E-state index in [9.17, 15) is 4.79 Å². The van der Waals surface area contributed by atoms with Crippen LogP contribution in [0.1, 0.15) is 11.1 Å². The first-order chi connectivity index (χ1) is 10.6. The third-order valence-corrected chi connectivity index (χ3v) is 3.65. The second kappa shape index (κ2) is 7.65. The Labute approximate surface area is 138 Å². The molecule has 0 saturated carbocycles. The average molecular weight is 331 g/mol. The molecule has 2 aromatic rings. The van der Waals surface area contributed by atoms with Crippen molar-refractivity contribution in [3.8, 4) is 6.07 Å². The third kappa shape index (κ3) is 4.36. The molecule has 0 spiro atoms. The molecule has 0 radical (unpaired) electrons. The molecular weight excluding hydrogens is 319 g/mol. The summed E-state index contributed by atoms with van der Waals surface area (Å²) in [6.07, 6.45) is 1.55. The highest BCUT2D eigenvalue weighted by molar-refractivity contribution is 6.42. The van der Waals surface area contributed by atoms with Crippen LogP contribution in [0.4, 0.5) is 0 Å². The molecule has 0 aliphatic carbocycles. The quantitative estimate of drug-likeness (QED) is 0.674. The number of hydrogen-bond acceptors (Lipinski definition) is 2. The van der Waals surface area contributed by atoms with Gasteiger partial charge in [0.15, 0.2) is 0 Å². The van der Waals surface area contributed by atoms with Gasteiger partial charge in [0.05, 0.1) is 10.0 Å². The first-order valence-corrected chi connectivity index (χ1v) is 7.24. The van der Waals surface area contributed by atoms with Crippen molar-refractivity contribution >= 4 is 35.2 Å². The fourth-order valence-corrected chi connectivity index (χ4v) is 2.11. The highest BCUT2D eigenvalue weighted by Gasteiger charge is 2.09. The zero-order valence-electron chi connectivity index (χ0n) is 11.5. The molecule has 0 bridgehead atoms. The van der Waals surface area contributed by atoms with Gasteiger partial charge in [0, 0.05) is 6.54 Å². The van der Waals surface area contributed by atoms with Crippen LogP contribution in [0, 0.1) is 11.3 Å². The van der Waals surface area contributed by atoms with Crippen LogP contribution in [-0.2, 0) is 11.3 Å². The number of rotatable bonds is 4. The molecule has 22 heavy (non-hydrogen) atoms. The monoisotopic (exact) mass is 330 g/mol. The fraction of sp³-hybridized carbons (Fsp3) is 0.0588. The topological polar surface area (TPSA) is 52.9 Å². The highest BCUT2D eigenvalue weighted by atomic mass is 35.5. The van der Waals surface area contributed by atoms with Crippen LogP contribution in [0.15, 0.2) is 54.1 Å². The Bertz CT molecular complexity index is 749. The number of nitriles is 1. The van der Waals surface area contributed by atoms with Crippen LogP contribution < -0.4 is 5.32 Å². The van der Waals surface area contributed by atoms with Gasteiger partial charge in [0.1, 0.15) is 11.6 Å². The van der Waals surface area contributed by atoms with Gasteiger partial charge in [-0.25, -0.2) is 0 Å². The van der Waals surface area contributed by atoms with Gasteiger partial charge < -0.3 is 5.32 Å². The van der Waals surface area contributed by atoms with E-state index in [1.807, 2.05) is 36.4 Å². The number of benzene rings is 2. The average Bonchev–Trinajstić information content (AvgIpc) is 2.54. The number of nitrogens with zero attached hydrogens (tertiary/aromatic N) is 1. The number of nitrogens with one attached hydrogen (secondary N) is 1. The van der Waals surface area contributed by atoms with Gasteiger partial charge in [-0.1, -0.05) is 59.6 Å². The molecule has 1 amide bonds. The maximum absolute atomic E-state index is 12.0. The summed E-state index contributed by atoms with van der Waals surface area (Å²) in [5.41, 5.74) is 1.65. The van der Waals surface area contributed by atoms with Crippen molar-refractivity contribution in [2.75, 3.05) is 0 Å². The predicted octanol–water partition coefficient (Wildman–Crippen LogP) is 4.22. The van der Waals surface area contributed by atoms with Gasteiger partial charge in [0.2, 0.25) is 0 Å². The lowest BCUT2D eigenvalue weighted by atomic mass is 10.1. The van der Waals surface area contributed by atoms with E-state index >= 15 is 0 Å². The molecule has 1 N–H and O–H groups in total. The van der Waals surface area contributed by atoms with E-state index in [2.05, 4.69) is 5.32 Å². The van der Waals surface area contributed by atoms with E-state index in [1.54, 1.807) is 24.3 Å². The summed E-state index contributed by atoms with van der Waals surface area (Å²) in [5.74, 6) is -0.433. The molecule has 110 valence electrons. The van der Waals surface area contributed by atoms with Gasteiger partial charge in [-0.3, -0.25) is 4.79 Å². The number of halogens is 2. The van der Waals surface area contributed by atoms with Gasteiger partial charge in [-0.2, -0.15) is 5.26 Å². The summed E-state index contributed by atoms with van der Waals surface area (Å²) in [6.45, 7) is 0.267. The van der Waals surface area contributed by atoms with Crippen LogP contribution >= 0.6 is 23.2 Å². The lowest BCUT2D eigenvalue weighted by Gasteiger charge is -2.06. The molecule has 0 atom stereocenters. The van der Waals surface area contributed by atoms with Gasteiger partial charge in [-0.05, 0) is 29.3 Å². The Hall–Kier alpha value is -2.28. The van der Waals surface area contributed by atoms with Crippen LogP contribution in [-0.4, -0.2) is 5.91 Å². The normalized spacial score (nSPS) is 10.9. The molecule has 0 fully saturated rings. The second-order valence-electron chi connectivity index (χ2n) is 4.51. The number of amides is 1. The minimum atomic E-state index is -0.433. The van der Waals surface area contributed by atoms with Crippen molar-refractivity contribution in [2.24, 2.45) is 0 Å². The van der Waals surface area contributed by atoms with Gasteiger partial charge in [-0.15, -0.1) is 0 Å². The van der Waals surface area contributed by atoms with Crippen molar-refractivity contribution < 1.29 is 4.79 Å². The van der Waals surface area contributed by atoms with E-state index in [4.69, 9.17) is 28.5 Å². The summed E-state index contributed by atoms with van der Waals surface area (Å²) in [5, 5.41) is 12.7. The maximum atomic E-state index is 12.0. The second-order valence-corrected chi connectivity index (χ2v) is 5.33. The molecule has 0 saturated heterocycles. The Morgan fingerprint density at radius 2 is 1.86 bits per heavy atom. The molecule has 5 heteroatoms. The number of carbonyl (C=O) groups excluding carboxylic acids is 1. The summed E-state index contributed by atoms with van der Waals surface area (Å²) in [7, 11) is 0. The zero-order chi connectivity index (χ0) is 15.9. The molecule has 0 aromatic heterocycles. The van der Waals surface area contributed by atoms with Crippen LogP contribution in [0.2, 0.25) is 10.0 Å². The summed E-state index contributed by atoms with van der Waals surface area (Å²) in [6, 6.07) is 16.2. The largest absolute Gasteiger partial charge is 0.347 e. The van der Waals surface area contributed by atoms with E-state index in [0.717, 1.165) is 11.1 Å². The Kier molecular flexibility index (Phi) is 5.60. The van der Waals surface area contributed by atoms with Crippen molar-refractivity contribution in [3.05, 3.63) is 75.3 Å². The lowest BCUT2D eigenvalue weighted by Crippen LogP contribution is -2.23. The first-order valence-electron chi connectivity index (χ1n) is 6.49. The maximum Gasteiger partial charge on any atom is 0.262 e. The number of carbonyl (C=O) groups is 1. The van der Waals surface area contributed by atoms with Crippen molar-refractivity contribution in [2.45, 2.75) is 6.54 Å². The fourth-order valence-electron chi connectivity index (χ4n) is 1.79. The van der Waals surface area contributed by atoms with E-state index in [1.165, 1.54) is 0 Å². The first kappa shape index (κ1) is 16.1. The lowest BCUT2D eigenvalue weighted by molar-refractivity contribution is -0.117. The molecule has 0 aliphatic heterocycles. The van der Waals surface area contributed by atoms with Crippen molar-refractivity contribution in [1.29, 1.82) is 5.26 Å². The third-order valence-electron chi connectivity index (χ3n) is 2.91. The summed E-state index contributed by atoms with van der Waals surface area (Å²) < 4.78 is 0. The predicted molar refractivity (Wildman–Crippen MR) is 88.3 cm³/mol. The summed E-state index contributed by atoms with van der Waals surface area (Å²) in [4.78, 5) is 12.0. The van der Waals surface area contributed by atoms with E-state index in [0.29, 0.717) is 10.0 Å².